The van der Waals surface area contributed by atoms with E-state index in [2.05, 4.69) is 11.9 Å². The number of aromatic carboxylic acids is 1. The lowest BCUT2D eigenvalue weighted by molar-refractivity contribution is 0.0695. The van der Waals surface area contributed by atoms with E-state index in [0.717, 1.165) is 51.0 Å². The molecule has 1 atom stereocenters. The lowest BCUT2D eigenvalue weighted by atomic mass is 10.0. The number of rotatable bonds is 5. The minimum atomic E-state index is -0.842. The molecule has 1 saturated heterocycles. The molecule has 1 N–H and O–H groups in total. The monoisotopic (exact) mass is 277 g/mol. The molecule has 1 aliphatic rings. The highest BCUT2D eigenvalue weighted by atomic mass is 16.5. The van der Waals surface area contributed by atoms with Gasteiger partial charge in [0, 0.05) is 25.8 Å². The Labute approximate surface area is 120 Å². The van der Waals surface area contributed by atoms with Crippen molar-refractivity contribution < 1.29 is 14.6 Å². The van der Waals surface area contributed by atoms with Gasteiger partial charge in [-0.3, -0.25) is 0 Å². The van der Waals surface area contributed by atoms with Crippen LogP contribution >= 0.6 is 0 Å². The van der Waals surface area contributed by atoms with Crippen molar-refractivity contribution in [2.24, 2.45) is 0 Å². The summed E-state index contributed by atoms with van der Waals surface area (Å²) in [6, 6.07) is 7.82. The highest BCUT2D eigenvalue weighted by molar-refractivity contribution is 5.89. The fourth-order valence-corrected chi connectivity index (χ4v) is 2.75. The molecule has 1 aliphatic heterocycles. The number of hydrogen-bond donors (Lipinski definition) is 1. The summed E-state index contributed by atoms with van der Waals surface area (Å²) in [6.45, 7) is 2.59. The van der Waals surface area contributed by atoms with Crippen molar-refractivity contribution in [1.29, 1.82) is 0 Å². The molecule has 0 aliphatic carbocycles. The summed E-state index contributed by atoms with van der Waals surface area (Å²) in [6.07, 6.45) is 4.12. The summed E-state index contributed by atoms with van der Waals surface area (Å²) in [7, 11) is 2.12. The van der Waals surface area contributed by atoms with Crippen LogP contribution in [-0.2, 0) is 11.2 Å². The molecular weight excluding hydrogens is 254 g/mol. The van der Waals surface area contributed by atoms with Crippen LogP contribution in [0.4, 0.5) is 0 Å². The SMILES string of the molecule is CN(CCc1ccccc1C(=O)O)C1CCCOCC1. The first-order valence-electron chi connectivity index (χ1n) is 7.27. The fourth-order valence-electron chi connectivity index (χ4n) is 2.75. The third kappa shape index (κ3) is 4.05. The molecular formula is C16H23NO3. The van der Waals surface area contributed by atoms with E-state index in [-0.39, 0.29) is 0 Å². The third-order valence-corrected chi connectivity index (χ3v) is 4.03. The maximum Gasteiger partial charge on any atom is 0.335 e. The number of carboxylic acids is 1. The Morgan fingerprint density at radius 3 is 2.95 bits per heavy atom. The molecule has 2 rings (SSSR count). The molecule has 0 aromatic heterocycles. The van der Waals surface area contributed by atoms with E-state index < -0.39 is 5.97 Å². The number of ether oxygens (including phenoxy) is 1. The van der Waals surface area contributed by atoms with Gasteiger partial charge in [-0.05, 0) is 44.4 Å². The zero-order valence-electron chi connectivity index (χ0n) is 12.0. The van der Waals surface area contributed by atoms with Crippen LogP contribution in [0.25, 0.3) is 0 Å². The summed E-state index contributed by atoms with van der Waals surface area (Å²) in [5.74, 6) is -0.842. The summed E-state index contributed by atoms with van der Waals surface area (Å²) in [5.41, 5.74) is 1.34. The Morgan fingerprint density at radius 2 is 2.15 bits per heavy atom. The van der Waals surface area contributed by atoms with Crippen LogP contribution in [0.5, 0.6) is 0 Å². The van der Waals surface area contributed by atoms with Gasteiger partial charge in [0.05, 0.1) is 5.56 Å². The van der Waals surface area contributed by atoms with Gasteiger partial charge in [0.1, 0.15) is 0 Å². The van der Waals surface area contributed by atoms with Gasteiger partial charge in [0.25, 0.3) is 0 Å². The van der Waals surface area contributed by atoms with Crippen molar-refractivity contribution in [2.75, 3.05) is 26.8 Å². The van der Waals surface area contributed by atoms with Crippen LogP contribution in [0.3, 0.4) is 0 Å². The van der Waals surface area contributed by atoms with Crippen LogP contribution in [0.2, 0.25) is 0 Å². The van der Waals surface area contributed by atoms with E-state index in [9.17, 15) is 9.90 Å². The lowest BCUT2D eigenvalue weighted by Crippen LogP contribution is -2.33. The van der Waals surface area contributed by atoms with Crippen LogP contribution < -0.4 is 0 Å². The van der Waals surface area contributed by atoms with E-state index >= 15 is 0 Å². The molecule has 0 saturated carbocycles. The summed E-state index contributed by atoms with van der Waals surface area (Å²) in [4.78, 5) is 13.5. The average molecular weight is 277 g/mol. The van der Waals surface area contributed by atoms with Crippen molar-refractivity contribution in [2.45, 2.75) is 31.7 Å². The molecule has 1 aromatic rings. The second kappa shape index (κ2) is 7.41. The molecule has 4 nitrogen and oxygen atoms in total. The Bertz CT molecular complexity index is 439. The molecule has 0 radical (unpaired) electrons. The Hall–Kier alpha value is -1.39. The second-order valence-corrected chi connectivity index (χ2v) is 5.39. The first kappa shape index (κ1) is 15.0. The van der Waals surface area contributed by atoms with E-state index in [1.807, 2.05) is 12.1 Å². The number of nitrogens with zero attached hydrogens (tertiary/aromatic N) is 1. The van der Waals surface area contributed by atoms with Crippen LogP contribution in [0, 0.1) is 0 Å². The molecule has 1 unspecified atom stereocenters. The number of carboxylic acid groups (broad SMARTS) is 1. The Balaban J connectivity index is 1.92. The van der Waals surface area contributed by atoms with Gasteiger partial charge in [-0.2, -0.15) is 0 Å². The number of benzene rings is 1. The zero-order valence-corrected chi connectivity index (χ0v) is 12.0. The van der Waals surface area contributed by atoms with Crippen LogP contribution in [-0.4, -0.2) is 48.8 Å². The van der Waals surface area contributed by atoms with Gasteiger partial charge in [-0.1, -0.05) is 18.2 Å². The molecule has 1 heterocycles. The number of likely N-dealkylation sites (N-methyl/N-ethyl adjacent to an activating group) is 1. The largest absolute Gasteiger partial charge is 0.478 e. The fraction of sp³-hybridized carbons (Fsp3) is 0.562. The van der Waals surface area contributed by atoms with Crippen molar-refractivity contribution >= 4 is 5.97 Å². The number of carbonyl (C=O) groups is 1. The molecule has 110 valence electrons. The smallest absolute Gasteiger partial charge is 0.335 e. The van der Waals surface area contributed by atoms with Crippen LogP contribution in [0.15, 0.2) is 24.3 Å². The highest BCUT2D eigenvalue weighted by Gasteiger charge is 2.17. The molecule has 1 fully saturated rings. The average Bonchev–Trinajstić information content (AvgIpc) is 2.74. The van der Waals surface area contributed by atoms with Crippen molar-refractivity contribution in [3.63, 3.8) is 0 Å². The predicted molar refractivity (Wildman–Crippen MR) is 78.2 cm³/mol. The number of hydrogen-bond acceptors (Lipinski definition) is 3. The normalized spacial score (nSPS) is 19.8. The Morgan fingerprint density at radius 1 is 1.35 bits per heavy atom. The van der Waals surface area contributed by atoms with Gasteiger partial charge >= 0.3 is 5.97 Å². The van der Waals surface area contributed by atoms with Gasteiger partial charge in [0.2, 0.25) is 0 Å². The third-order valence-electron chi connectivity index (χ3n) is 4.03. The molecule has 0 amide bonds. The van der Waals surface area contributed by atoms with Crippen molar-refractivity contribution in [3.8, 4) is 0 Å². The minimum Gasteiger partial charge on any atom is -0.478 e. The minimum absolute atomic E-state index is 0.421. The lowest BCUT2D eigenvalue weighted by Gasteiger charge is -2.26. The summed E-state index contributed by atoms with van der Waals surface area (Å²) in [5, 5.41) is 9.19. The maximum atomic E-state index is 11.2. The zero-order chi connectivity index (χ0) is 14.4. The van der Waals surface area contributed by atoms with Crippen LogP contribution in [0.1, 0.15) is 35.2 Å². The van der Waals surface area contributed by atoms with E-state index in [1.165, 1.54) is 0 Å². The Kier molecular flexibility index (Phi) is 5.56. The topological polar surface area (TPSA) is 49.8 Å². The van der Waals surface area contributed by atoms with E-state index in [1.54, 1.807) is 12.1 Å². The standard InChI is InChI=1S/C16H23NO3/c1-17(14-6-4-11-20-12-9-14)10-8-13-5-2-3-7-15(13)16(18)19/h2-3,5,7,14H,4,6,8-12H2,1H3,(H,18,19). The van der Waals surface area contributed by atoms with Crippen molar-refractivity contribution in [1.82, 2.24) is 4.90 Å². The van der Waals surface area contributed by atoms with Crippen molar-refractivity contribution in [3.05, 3.63) is 35.4 Å². The van der Waals surface area contributed by atoms with Gasteiger partial charge in [-0.25, -0.2) is 4.79 Å². The van der Waals surface area contributed by atoms with Gasteiger partial charge < -0.3 is 14.7 Å². The first-order chi connectivity index (χ1) is 9.68. The first-order valence-corrected chi connectivity index (χ1v) is 7.27. The molecule has 1 aromatic carbocycles. The predicted octanol–water partition coefficient (Wildman–Crippen LogP) is 2.43. The molecule has 0 spiro atoms. The molecule has 20 heavy (non-hydrogen) atoms. The second-order valence-electron chi connectivity index (χ2n) is 5.39. The van der Waals surface area contributed by atoms with E-state index in [4.69, 9.17) is 4.74 Å². The molecule has 0 bridgehead atoms. The van der Waals surface area contributed by atoms with Gasteiger partial charge in [0.15, 0.2) is 0 Å². The maximum absolute atomic E-state index is 11.2. The molecule has 4 heteroatoms. The summed E-state index contributed by atoms with van der Waals surface area (Å²) < 4.78 is 5.48. The quantitative estimate of drug-likeness (QED) is 0.898. The van der Waals surface area contributed by atoms with E-state index in [0.29, 0.717) is 11.6 Å². The highest BCUT2D eigenvalue weighted by Crippen LogP contribution is 2.16. The summed E-state index contributed by atoms with van der Waals surface area (Å²) >= 11 is 0. The van der Waals surface area contributed by atoms with Gasteiger partial charge in [-0.15, -0.1) is 0 Å².